The molecule has 0 radical (unpaired) electrons. The van der Waals surface area contributed by atoms with Crippen LogP contribution in [0.3, 0.4) is 0 Å². The van der Waals surface area contributed by atoms with Gasteiger partial charge in [-0.1, -0.05) is 114 Å². The second-order valence-corrected chi connectivity index (χ2v) is 4.39. The van der Waals surface area contributed by atoms with E-state index < -0.39 is 0 Å². The van der Waals surface area contributed by atoms with Gasteiger partial charge < -0.3 is 0 Å². The Morgan fingerprint density at radius 1 is 1.00 bits per heavy atom. The highest BCUT2D eigenvalue weighted by molar-refractivity contribution is 5.75. The van der Waals surface area contributed by atoms with Crippen LogP contribution in [0.15, 0.2) is 85.0 Å². The Kier molecular flexibility index (Phi) is 16.4. The first-order chi connectivity index (χ1) is 11.2. The van der Waals surface area contributed by atoms with Crippen molar-refractivity contribution in [1.82, 2.24) is 0 Å². The first-order valence-electron chi connectivity index (χ1n) is 8.60. The molecule has 0 N–H and O–H groups in total. The van der Waals surface area contributed by atoms with Crippen molar-refractivity contribution in [2.24, 2.45) is 0 Å². The first-order valence-corrected chi connectivity index (χ1v) is 8.60. The molecule has 0 aromatic heterocycles. The summed E-state index contributed by atoms with van der Waals surface area (Å²) in [5.41, 5.74) is 4.77. The Hall–Kier alpha value is -2.08. The van der Waals surface area contributed by atoms with Gasteiger partial charge in [-0.2, -0.15) is 0 Å². The van der Waals surface area contributed by atoms with Gasteiger partial charge in [-0.3, -0.25) is 0 Å². The molecule has 0 heterocycles. The van der Waals surface area contributed by atoms with Crippen LogP contribution in [0.4, 0.5) is 0 Å². The van der Waals surface area contributed by atoms with Crippen LogP contribution < -0.4 is 0 Å². The molecule has 1 rings (SSSR count). The van der Waals surface area contributed by atoms with E-state index in [1.165, 1.54) is 22.3 Å². The molecule has 0 fully saturated rings. The molecule has 0 spiro atoms. The first kappa shape index (κ1) is 23.2. The normalized spacial score (nSPS) is 11.0. The van der Waals surface area contributed by atoms with Gasteiger partial charge in [0, 0.05) is 0 Å². The Labute approximate surface area is 144 Å². The van der Waals surface area contributed by atoms with Crippen molar-refractivity contribution >= 4 is 5.57 Å². The Bertz CT molecular complexity index is 510. The zero-order valence-corrected chi connectivity index (χ0v) is 15.9. The van der Waals surface area contributed by atoms with Gasteiger partial charge in [0.1, 0.15) is 0 Å². The molecule has 1 aromatic rings. The van der Waals surface area contributed by atoms with Crippen LogP contribution in [-0.4, -0.2) is 0 Å². The maximum atomic E-state index is 4.05. The molecule has 0 bridgehead atoms. The quantitative estimate of drug-likeness (QED) is 0.470. The third-order valence-electron chi connectivity index (χ3n) is 3.02. The summed E-state index contributed by atoms with van der Waals surface area (Å²) in [4.78, 5) is 0. The van der Waals surface area contributed by atoms with Gasteiger partial charge in [0.25, 0.3) is 0 Å². The zero-order valence-electron chi connectivity index (χ0n) is 15.9. The van der Waals surface area contributed by atoms with Crippen molar-refractivity contribution in [3.8, 4) is 0 Å². The van der Waals surface area contributed by atoms with Crippen LogP contribution in [0.1, 0.15) is 53.5 Å². The van der Waals surface area contributed by atoms with Crippen molar-refractivity contribution in [2.45, 2.75) is 48.0 Å². The van der Waals surface area contributed by atoms with Crippen molar-refractivity contribution in [1.29, 1.82) is 0 Å². The van der Waals surface area contributed by atoms with E-state index in [9.17, 15) is 0 Å². The Balaban J connectivity index is 0. The van der Waals surface area contributed by atoms with Crippen LogP contribution in [0, 0.1) is 0 Å². The van der Waals surface area contributed by atoms with Crippen LogP contribution in [-0.2, 0) is 0 Å². The summed E-state index contributed by atoms with van der Waals surface area (Å²) < 4.78 is 0. The molecule has 1 aromatic carbocycles. The predicted octanol–water partition coefficient (Wildman–Crippen LogP) is 7.78. The average Bonchev–Trinajstić information content (AvgIpc) is 2.64. The second kappa shape index (κ2) is 16.3. The molecule has 0 aliphatic rings. The van der Waals surface area contributed by atoms with Gasteiger partial charge in [0.15, 0.2) is 0 Å². The molecular weight excluding hydrogens is 276 g/mol. The minimum Gasteiger partial charge on any atom is -0.0991 e. The van der Waals surface area contributed by atoms with Gasteiger partial charge in [-0.05, 0) is 30.1 Å². The largest absolute Gasteiger partial charge is 0.0991 e. The molecule has 0 aliphatic heterocycles. The number of allylic oxidation sites excluding steroid dienone is 8. The van der Waals surface area contributed by atoms with Gasteiger partial charge in [-0.15, -0.1) is 0 Å². The number of benzene rings is 1. The molecule has 0 saturated heterocycles. The van der Waals surface area contributed by atoms with E-state index in [1.807, 2.05) is 52.0 Å². The van der Waals surface area contributed by atoms with Gasteiger partial charge in [0.05, 0.1) is 0 Å². The summed E-state index contributed by atoms with van der Waals surface area (Å²) in [5.74, 6) is 0. The fourth-order valence-electron chi connectivity index (χ4n) is 1.66. The minimum atomic E-state index is 0.985. The summed E-state index contributed by atoms with van der Waals surface area (Å²) in [5, 5.41) is 0. The van der Waals surface area contributed by atoms with E-state index in [0.717, 1.165) is 6.42 Å². The number of hydrogen-bond acceptors (Lipinski definition) is 0. The summed E-state index contributed by atoms with van der Waals surface area (Å²) in [6.07, 6.45) is 11.1. The standard InChI is InChI=1S/C19H22.2C2H6/c1-5-7-11-19(18-12-9-8-10-13-18)15-14-17(4)16(3)6-2;2*1-2/h5,7-15H,1,3,6H2,2,4H3;2*1-2H3/b11-7-,17-14+,19-15+;;. The molecule has 0 saturated carbocycles. The monoisotopic (exact) mass is 310 g/mol. The van der Waals surface area contributed by atoms with Crippen molar-refractivity contribution in [2.75, 3.05) is 0 Å². The van der Waals surface area contributed by atoms with E-state index in [1.54, 1.807) is 6.08 Å². The van der Waals surface area contributed by atoms with Crippen molar-refractivity contribution < 1.29 is 0 Å². The summed E-state index contributed by atoms with van der Waals surface area (Å²) in [6, 6.07) is 10.3. The fraction of sp³-hybridized carbons (Fsp3) is 0.304. The van der Waals surface area contributed by atoms with Crippen LogP contribution in [0.2, 0.25) is 0 Å². The topological polar surface area (TPSA) is 0 Å². The highest BCUT2D eigenvalue weighted by atomic mass is 14.0. The van der Waals surface area contributed by atoms with Gasteiger partial charge in [0.2, 0.25) is 0 Å². The lowest BCUT2D eigenvalue weighted by Gasteiger charge is -2.03. The Morgan fingerprint density at radius 2 is 1.57 bits per heavy atom. The lowest BCUT2D eigenvalue weighted by atomic mass is 10.0. The summed E-state index contributed by atoms with van der Waals surface area (Å²) in [6.45, 7) is 20.0. The van der Waals surface area contributed by atoms with E-state index in [0.29, 0.717) is 0 Å². The van der Waals surface area contributed by atoms with Gasteiger partial charge >= 0.3 is 0 Å². The van der Waals surface area contributed by atoms with Crippen LogP contribution in [0.5, 0.6) is 0 Å². The maximum Gasteiger partial charge on any atom is -0.0184 e. The molecule has 0 unspecified atom stereocenters. The minimum absolute atomic E-state index is 0.985. The zero-order chi connectivity index (χ0) is 18.1. The fourth-order valence-corrected chi connectivity index (χ4v) is 1.66. The van der Waals surface area contributed by atoms with Gasteiger partial charge in [-0.25, -0.2) is 0 Å². The molecule has 0 amide bonds. The van der Waals surface area contributed by atoms with E-state index in [4.69, 9.17) is 0 Å². The molecule has 126 valence electrons. The molecular formula is C23H34. The van der Waals surface area contributed by atoms with E-state index >= 15 is 0 Å². The Morgan fingerprint density at radius 3 is 2.04 bits per heavy atom. The third kappa shape index (κ3) is 10.3. The predicted molar refractivity (Wildman–Crippen MR) is 110 cm³/mol. The van der Waals surface area contributed by atoms with E-state index in [2.05, 4.69) is 57.4 Å². The summed E-state index contributed by atoms with van der Waals surface area (Å²) >= 11 is 0. The van der Waals surface area contributed by atoms with Crippen molar-refractivity contribution in [3.63, 3.8) is 0 Å². The molecule has 0 heteroatoms. The van der Waals surface area contributed by atoms with Crippen molar-refractivity contribution in [3.05, 3.63) is 90.6 Å². The summed E-state index contributed by atoms with van der Waals surface area (Å²) in [7, 11) is 0. The lowest BCUT2D eigenvalue weighted by molar-refractivity contribution is 1.11. The SMILES string of the molecule is C=C\C=C/C(=C\C=C(/C)C(=C)CC)c1ccccc1.CC.CC. The maximum absolute atomic E-state index is 4.05. The number of rotatable bonds is 6. The highest BCUT2D eigenvalue weighted by Gasteiger charge is 1.96. The highest BCUT2D eigenvalue weighted by Crippen LogP contribution is 2.18. The smallest absolute Gasteiger partial charge is 0.0184 e. The molecule has 23 heavy (non-hydrogen) atoms. The van der Waals surface area contributed by atoms with Crippen LogP contribution in [0.25, 0.3) is 5.57 Å². The van der Waals surface area contributed by atoms with E-state index in [-0.39, 0.29) is 0 Å². The average molecular weight is 311 g/mol. The molecule has 0 atom stereocenters. The number of hydrogen-bond donors (Lipinski definition) is 0. The third-order valence-corrected chi connectivity index (χ3v) is 3.02. The van der Waals surface area contributed by atoms with Crippen LogP contribution >= 0.6 is 0 Å². The second-order valence-electron chi connectivity index (χ2n) is 4.39. The lowest BCUT2D eigenvalue weighted by Crippen LogP contribution is -1.82. The molecule has 0 nitrogen and oxygen atoms in total. The molecule has 0 aliphatic carbocycles.